The van der Waals surface area contributed by atoms with Crippen LogP contribution in [0.2, 0.25) is 0 Å². The quantitative estimate of drug-likeness (QED) is 0.733. The Kier molecular flexibility index (Phi) is 4.90. The summed E-state index contributed by atoms with van der Waals surface area (Å²) in [5, 5.41) is 12.8. The monoisotopic (exact) mass is 267 g/mol. The van der Waals surface area contributed by atoms with Crippen LogP contribution in [0, 0.1) is 5.92 Å². The van der Waals surface area contributed by atoms with E-state index in [0.29, 0.717) is 18.4 Å². The van der Waals surface area contributed by atoms with Crippen molar-refractivity contribution >= 4 is 5.97 Å². The molecule has 1 fully saturated rings. The SMILES string of the molecule is CCCCc1noc(CN(CC(=O)O)CC2CC2)n1. The number of aliphatic carboxylic acids is 1. The van der Waals surface area contributed by atoms with E-state index in [1.807, 2.05) is 4.90 Å². The van der Waals surface area contributed by atoms with Crippen LogP contribution in [0.25, 0.3) is 0 Å². The highest BCUT2D eigenvalue weighted by atomic mass is 16.5. The van der Waals surface area contributed by atoms with E-state index in [9.17, 15) is 4.79 Å². The van der Waals surface area contributed by atoms with E-state index < -0.39 is 5.97 Å². The van der Waals surface area contributed by atoms with E-state index in [1.54, 1.807) is 0 Å². The molecule has 0 aromatic carbocycles. The van der Waals surface area contributed by atoms with Crippen molar-refractivity contribution in [3.63, 3.8) is 0 Å². The van der Waals surface area contributed by atoms with Gasteiger partial charge in [-0.1, -0.05) is 18.5 Å². The molecule has 6 nitrogen and oxygen atoms in total. The molecule has 0 aliphatic heterocycles. The third-order valence-corrected chi connectivity index (χ3v) is 3.20. The molecule has 1 aliphatic carbocycles. The van der Waals surface area contributed by atoms with Crippen LogP contribution in [-0.4, -0.2) is 39.2 Å². The molecule has 0 bridgehead atoms. The summed E-state index contributed by atoms with van der Waals surface area (Å²) in [6.45, 7) is 3.38. The molecule has 0 radical (unpaired) electrons. The number of unbranched alkanes of at least 4 members (excludes halogenated alkanes) is 1. The number of rotatable bonds is 9. The Morgan fingerprint density at radius 3 is 2.95 bits per heavy atom. The molecular formula is C13H21N3O3. The van der Waals surface area contributed by atoms with Gasteiger partial charge >= 0.3 is 5.97 Å². The first-order chi connectivity index (χ1) is 9.17. The Bertz CT molecular complexity index is 415. The molecule has 1 N–H and O–H groups in total. The highest BCUT2D eigenvalue weighted by Crippen LogP contribution is 2.30. The van der Waals surface area contributed by atoms with E-state index in [0.717, 1.165) is 31.6 Å². The minimum absolute atomic E-state index is 0.0309. The van der Waals surface area contributed by atoms with Gasteiger partial charge in [-0.2, -0.15) is 4.98 Å². The van der Waals surface area contributed by atoms with Gasteiger partial charge in [0, 0.05) is 13.0 Å². The van der Waals surface area contributed by atoms with Crippen molar-refractivity contribution in [3.05, 3.63) is 11.7 Å². The van der Waals surface area contributed by atoms with Gasteiger partial charge in [0.2, 0.25) is 5.89 Å². The molecule has 0 amide bonds. The van der Waals surface area contributed by atoms with Gasteiger partial charge < -0.3 is 9.63 Å². The van der Waals surface area contributed by atoms with Crippen molar-refractivity contribution in [3.8, 4) is 0 Å². The zero-order chi connectivity index (χ0) is 13.7. The average molecular weight is 267 g/mol. The number of nitrogens with zero attached hydrogens (tertiary/aromatic N) is 3. The standard InChI is InChI=1S/C13H21N3O3/c1-2-3-4-11-14-12(19-15-11)8-16(9-13(17)18)7-10-5-6-10/h10H,2-9H2,1H3,(H,17,18). The molecule has 2 rings (SSSR count). The number of hydrogen-bond acceptors (Lipinski definition) is 5. The topological polar surface area (TPSA) is 79.5 Å². The lowest BCUT2D eigenvalue weighted by molar-refractivity contribution is -0.138. The fraction of sp³-hybridized carbons (Fsp3) is 0.769. The van der Waals surface area contributed by atoms with Crippen molar-refractivity contribution in [2.75, 3.05) is 13.1 Å². The lowest BCUT2D eigenvalue weighted by Crippen LogP contribution is -2.31. The fourth-order valence-corrected chi connectivity index (χ4v) is 2.02. The van der Waals surface area contributed by atoms with Crippen LogP contribution in [0.4, 0.5) is 0 Å². The second-order valence-electron chi connectivity index (χ2n) is 5.21. The van der Waals surface area contributed by atoms with Gasteiger partial charge in [0.05, 0.1) is 13.1 Å². The normalized spacial score (nSPS) is 15.1. The van der Waals surface area contributed by atoms with E-state index in [-0.39, 0.29) is 6.54 Å². The molecule has 1 aliphatic rings. The second kappa shape index (κ2) is 6.65. The zero-order valence-corrected chi connectivity index (χ0v) is 11.3. The molecule has 1 aromatic heterocycles. The summed E-state index contributed by atoms with van der Waals surface area (Å²) in [4.78, 5) is 17.0. The first-order valence-electron chi connectivity index (χ1n) is 6.93. The van der Waals surface area contributed by atoms with Crippen molar-refractivity contribution in [2.45, 2.75) is 45.6 Å². The summed E-state index contributed by atoms with van der Waals surface area (Å²) in [5.41, 5.74) is 0. The number of hydrogen-bond donors (Lipinski definition) is 1. The zero-order valence-electron chi connectivity index (χ0n) is 11.3. The van der Waals surface area contributed by atoms with Gasteiger partial charge in [0.1, 0.15) is 0 Å². The van der Waals surface area contributed by atoms with Crippen LogP contribution >= 0.6 is 0 Å². The van der Waals surface area contributed by atoms with Gasteiger partial charge in [0.15, 0.2) is 5.82 Å². The Morgan fingerprint density at radius 2 is 2.32 bits per heavy atom. The lowest BCUT2D eigenvalue weighted by Gasteiger charge is -2.17. The smallest absolute Gasteiger partial charge is 0.317 e. The van der Waals surface area contributed by atoms with E-state index >= 15 is 0 Å². The lowest BCUT2D eigenvalue weighted by atomic mass is 10.2. The maximum Gasteiger partial charge on any atom is 0.317 e. The summed E-state index contributed by atoms with van der Waals surface area (Å²) in [7, 11) is 0. The van der Waals surface area contributed by atoms with E-state index in [4.69, 9.17) is 9.63 Å². The Hall–Kier alpha value is -1.43. The predicted molar refractivity (Wildman–Crippen MR) is 68.5 cm³/mol. The van der Waals surface area contributed by atoms with Crippen LogP contribution in [0.5, 0.6) is 0 Å². The second-order valence-corrected chi connectivity index (χ2v) is 5.21. The summed E-state index contributed by atoms with van der Waals surface area (Å²) in [6, 6.07) is 0. The third-order valence-electron chi connectivity index (χ3n) is 3.20. The fourth-order valence-electron chi connectivity index (χ4n) is 2.02. The van der Waals surface area contributed by atoms with E-state index in [2.05, 4.69) is 17.1 Å². The molecule has 0 spiro atoms. The number of carboxylic acid groups (broad SMARTS) is 1. The van der Waals surface area contributed by atoms with Gasteiger partial charge in [-0.05, 0) is 25.2 Å². The number of carboxylic acids is 1. The summed E-state index contributed by atoms with van der Waals surface area (Å²) in [5.74, 6) is 1.07. The Morgan fingerprint density at radius 1 is 1.53 bits per heavy atom. The highest BCUT2D eigenvalue weighted by Gasteiger charge is 2.26. The summed E-state index contributed by atoms with van der Waals surface area (Å²) in [6.07, 6.45) is 5.35. The maximum absolute atomic E-state index is 10.8. The average Bonchev–Trinajstić information content (AvgIpc) is 3.04. The maximum atomic E-state index is 10.8. The first kappa shape index (κ1) is 14.0. The van der Waals surface area contributed by atoms with E-state index in [1.165, 1.54) is 12.8 Å². The first-order valence-corrected chi connectivity index (χ1v) is 6.93. The molecule has 0 unspecified atom stereocenters. The minimum Gasteiger partial charge on any atom is -0.480 e. The van der Waals surface area contributed by atoms with Gasteiger partial charge in [0.25, 0.3) is 0 Å². The highest BCUT2D eigenvalue weighted by molar-refractivity contribution is 5.69. The van der Waals surface area contributed by atoms with Crippen LogP contribution in [0.15, 0.2) is 4.52 Å². The molecule has 106 valence electrons. The third kappa shape index (κ3) is 4.98. The summed E-state index contributed by atoms with van der Waals surface area (Å²) < 4.78 is 5.18. The molecule has 1 aromatic rings. The van der Waals surface area contributed by atoms with Gasteiger partial charge in [-0.15, -0.1) is 0 Å². The molecule has 0 saturated heterocycles. The summed E-state index contributed by atoms with van der Waals surface area (Å²) >= 11 is 0. The Balaban J connectivity index is 1.87. The largest absolute Gasteiger partial charge is 0.480 e. The van der Waals surface area contributed by atoms with Crippen LogP contribution in [-0.2, 0) is 17.8 Å². The van der Waals surface area contributed by atoms with Crippen molar-refractivity contribution in [2.24, 2.45) is 5.92 Å². The van der Waals surface area contributed by atoms with Crippen molar-refractivity contribution in [1.82, 2.24) is 15.0 Å². The predicted octanol–water partition coefficient (Wildman–Crippen LogP) is 1.71. The minimum atomic E-state index is -0.814. The Labute approximate surface area is 112 Å². The number of carbonyl (C=O) groups is 1. The number of aromatic nitrogens is 2. The van der Waals surface area contributed by atoms with Crippen molar-refractivity contribution in [1.29, 1.82) is 0 Å². The van der Waals surface area contributed by atoms with Gasteiger partial charge in [-0.25, -0.2) is 0 Å². The molecular weight excluding hydrogens is 246 g/mol. The van der Waals surface area contributed by atoms with Crippen molar-refractivity contribution < 1.29 is 14.4 Å². The van der Waals surface area contributed by atoms with Crippen LogP contribution in [0.1, 0.15) is 44.3 Å². The van der Waals surface area contributed by atoms with Crippen LogP contribution < -0.4 is 0 Å². The molecule has 19 heavy (non-hydrogen) atoms. The molecule has 6 heteroatoms. The number of aryl methyl sites for hydroxylation is 1. The molecule has 1 saturated carbocycles. The van der Waals surface area contributed by atoms with Crippen LogP contribution in [0.3, 0.4) is 0 Å². The molecule has 0 atom stereocenters. The molecule has 1 heterocycles. The van der Waals surface area contributed by atoms with Gasteiger partial charge in [-0.3, -0.25) is 9.69 Å².